The van der Waals surface area contributed by atoms with Crippen LogP contribution in [-0.2, 0) is 10.0 Å². The van der Waals surface area contributed by atoms with Gasteiger partial charge in [0.2, 0.25) is 0 Å². The summed E-state index contributed by atoms with van der Waals surface area (Å²) >= 11 is 0. The molecule has 0 bridgehead atoms. The molecule has 5 nitrogen and oxygen atoms in total. The number of benzene rings is 3. The standard InChI is InChI=1S/C24H26N2O3S/c1-17-9-7-8-12-22(17)26-30(28,29)23-15-21(14-13-18(23)2)24(27)25-16-19(3)20-10-5-4-6-11-20/h4-15,19,26H,16H2,1-3H3,(H,25,27). The van der Waals surface area contributed by atoms with Gasteiger partial charge in [0.1, 0.15) is 0 Å². The van der Waals surface area contributed by atoms with Crippen molar-refractivity contribution in [1.29, 1.82) is 0 Å². The molecule has 0 spiro atoms. The third kappa shape index (κ3) is 5.07. The van der Waals surface area contributed by atoms with Crippen molar-refractivity contribution < 1.29 is 13.2 Å². The van der Waals surface area contributed by atoms with Crippen molar-refractivity contribution in [3.05, 3.63) is 95.1 Å². The predicted octanol–water partition coefficient (Wildman–Crippen LogP) is 4.64. The molecule has 0 radical (unpaired) electrons. The van der Waals surface area contributed by atoms with E-state index in [1.165, 1.54) is 6.07 Å². The van der Waals surface area contributed by atoms with Crippen LogP contribution in [0, 0.1) is 13.8 Å². The lowest BCUT2D eigenvalue weighted by atomic mass is 10.0. The Hall–Kier alpha value is -3.12. The second-order valence-electron chi connectivity index (χ2n) is 7.42. The number of anilines is 1. The molecule has 156 valence electrons. The molecule has 0 heterocycles. The van der Waals surface area contributed by atoms with Gasteiger partial charge in [0.25, 0.3) is 15.9 Å². The van der Waals surface area contributed by atoms with Crippen LogP contribution in [0.2, 0.25) is 0 Å². The van der Waals surface area contributed by atoms with Crippen molar-refractivity contribution in [1.82, 2.24) is 5.32 Å². The number of hydrogen-bond donors (Lipinski definition) is 2. The van der Waals surface area contributed by atoms with Crippen molar-refractivity contribution in [2.24, 2.45) is 0 Å². The zero-order valence-corrected chi connectivity index (χ0v) is 18.2. The Morgan fingerprint density at radius 1 is 0.900 bits per heavy atom. The molecule has 1 atom stereocenters. The Kier molecular flexibility index (Phi) is 6.57. The predicted molar refractivity (Wildman–Crippen MR) is 120 cm³/mol. The molecule has 0 aromatic heterocycles. The number of amides is 1. The Bertz CT molecular complexity index is 1140. The summed E-state index contributed by atoms with van der Waals surface area (Å²) in [6.07, 6.45) is 0. The summed E-state index contributed by atoms with van der Waals surface area (Å²) in [5.41, 5.74) is 3.36. The maximum atomic E-state index is 13.0. The molecule has 0 fully saturated rings. The van der Waals surface area contributed by atoms with Crippen LogP contribution in [0.5, 0.6) is 0 Å². The quantitative estimate of drug-likeness (QED) is 0.583. The molecule has 3 rings (SSSR count). The van der Waals surface area contributed by atoms with E-state index >= 15 is 0 Å². The molecule has 1 amide bonds. The molecular formula is C24H26N2O3S. The van der Waals surface area contributed by atoms with Gasteiger partial charge in [-0.1, -0.05) is 61.5 Å². The van der Waals surface area contributed by atoms with E-state index in [4.69, 9.17) is 0 Å². The lowest BCUT2D eigenvalue weighted by Gasteiger charge is -2.15. The van der Waals surface area contributed by atoms with Gasteiger partial charge in [0.15, 0.2) is 0 Å². The van der Waals surface area contributed by atoms with Crippen LogP contribution in [0.4, 0.5) is 5.69 Å². The van der Waals surface area contributed by atoms with Crippen LogP contribution in [-0.4, -0.2) is 20.9 Å². The SMILES string of the molecule is Cc1ccccc1NS(=O)(=O)c1cc(C(=O)NCC(C)c2ccccc2)ccc1C. The molecule has 1 unspecified atom stereocenters. The summed E-state index contributed by atoms with van der Waals surface area (Å²) in [5, 5.41) is 2.90. The number of nitrogens with one attached hydrogen (secondary N) is 2. The molecule has 2 N–H and O–H groups in total. The molecule has 0 aliphatic carbocycles. The zero-order valence-electron chi connectivity index (χ0n) is 17.3. The first-order valence-electron chi connectivity index (χ1n) is 9.80. The maximum absolute atomic E-state index is 13.0. The van der Waals surface area contributed by atoms with Gasteiger partial charge < -0.3 is 5.32 Å². The van der Waals surface area contributed by atoms with Gasteiger partial charge in [0.05, 0.1) is 10.6 Å². The van der Waals surface area contributed by atoms with Crippen molar-refractivity contribution in [3.63, 3.8) is 0 Å². The van der Waals surface area contributed by atoms with E-state index in [0.29, 0.717) is 23.4 Å². The lowest BCUT2D eigenvalue weighted by Crippen LogP contribution is -2.28. The molecular weight excluding hydrogens is 396 g/mol. The Morgan fingerprint density at radius 2 is 1.57 bits per heavy atom. The number of aryl methyl sites for hydroxylation is 2. The molecule has 6 heteroatoms. The van der Waals surface area contributed by atoms with Gasteiger partial charge in [-0.15, -0.1) is 0 Å². The highest BCUT2D eigenvalue weighted by atomic mass is 32.2. The van der Waals surface area contributed by atoms with Crippen molar-refractivity contribution in [2.75, 3.05) is 11.3 Å². The van der Waals surface area contributed by atoms with Crippen LogP contribution in [0.1, 0.15) is 39.9 Å². The fourth-order valence-electron chi connectivity index (χ4n) is 3.17. The third-order valence-corrected chi connectivity index (χ3v) is 6.57. The molecule has 3 aromatic rings. The molecule has 0 saturated heterocycles. The zero-order chi connectivity index (χ0) is 21.7. The van der Waals surface area contributed by atoms with Gasteiger partial charge in [-0.2, -0.15) is 0 Å². The Morgan fingerprint density at radius 3 is 2.27 bits per heavy atom. The Balaban J connectivity index is 1.77. The molecule has 30 heavy (non-hydrogen) atoms. The van der Waals surface area contributed by atoms with Crippen LogP contribution >= 0.6 is 0 Å². The van der Waals surface area contributed by atoms with E-state index in [1.54, 1.807) is 31.2 Å². The average molecular weight is 423 g/mol. The summed E-state index contributed by atoms with van der Waals surface area (Å²) in [5.74, 6) is -0.156. The second kappa shape index (κ2) is 9.13. The van der Waals surface area contributed by atoms with E-state index in [0.717, 1.165) is 11.1 Å². The first kappa shape index (κ1) is 21.6. The van der Waals surface area contributed by atoms with Gasteiger partial charge >= 0.3 is 0 Å². The topological polar surface area (TPSA) is 75.3 Å². The number of para-hydroxylation sites is 1. The molecule has 0 aliphatic heterocycles. The summed E-state index contributed by atoms with van der Waals surface area (Å²) in [7, 11) is -3.83. The number of carbonyl (C=O) groups excluding carboxylic acids is 1. The fourth-order valence-corrected chi connectivity index (χ4v) is 4.57. The smallest absolute Gasteiger partial charge is 0.262 e. The highest BCUT2D eigenvalue weighted by Gasteiger charge is 2.20. The lowest BCUT2D eigenvalue weighted by molar-refractivity contribution is 0.0951. The van der Waals surface area contributed by atoms with Gasteiger partial charge in [-0.05, 0) is 54.7 Å². The van der Waals surface area contributed by atoms with E-state index < -0.39 is 10.0 Å². The fraction of sp³-hybridized carbons (Fsp3) is 0.208. The minimum absolute atomic E-state index is 0.0921. The minimum atomic E-state index is -3.83. The molecule has 3 aromatic carbocycles. The van der Waals surface area contributed by atoms with Crippen LogP contribution in [0.25, 0.3) is 0 Å². The van der Waals surface area contributed by atoms with Crippen molar-refractivity contribution in [2.45, 2.75) is 31.6 Å². The monoisotopic (exact) mass is 422 g/mol. The number of carbonyl (C=O) groups is 1. The van der Waals surface area contributed by atoms with E-state index in [-0.39, 0.29) is 16.7 Å². The van der Waals surface area contributed by atoms with Crippen LogP contribution in [0.15, 0.2) is 77.7 Å². The van der Waals surface area contributed by atoms with Crippen LogP contribution < -0.4 is 10.0 Å². The first-order valence-corrected chi connectivity index (χ1v) is 11.3. The summed E-state index contributed by atoms with van der Waals surface area (Å²) in [6.45, 7) is 6.04. The average Bonchev–Trinajstić information content (AvgIpc) is 2.74. The van der Waals surface area contributed by atoms with Crippen molar-refractivity contribution >= 4 is 21.6 Å². The van der Waals surface area contributed by atoms with Crippen LogP contribution in [0.3, 0.4) is 0 Å². The summed E-state index contributed by atoms with van der Waals surface area (Å²) in [4.78, 5) is 12.7. The Labute approximate surface area is 178 Å². The maximum Gasteiger partial charge on any atom is 0.262 e. The summed E-state index contributed by atoms with van der Waals surface area (Å²) < 4.78 is 28.5. The van der Waals surface area contributed by atoms with E-state index in [2.05, 4.69) is 10.0 Å². The highest BCUT2D eigenvalue weighted by Crippen LogP contribution is 2.23. The summed E-state index contributed by atoms with van der Waals surface area (Å²) in [6, 6.07) is 21.8. The highest BCUT2D eigenvalue weighted by molar-refractivity contribution is 7.92. The second-order valence-corrected chi connectivity index (χ2v) is 9.07. The van der Waals surface area contributed by atoms with Gasteiger partial charge in [-0.25, -0.2) is 8.42 Å². The number of sulfonamides is 1. The number of hydrogen-bond acceptors (Lipinski definition) is 3. The van der Waals surface area contributed by atoms with E-state index in [1.807, 2.05) is 56.3 Å². The van der Waals surface area contributed by atoms with Crippen molar-refractivity contribution in [3.8, 4) is 0 Å². The first-order chi connectivity index (χ1) is 14.3. The van der Waals surface area contributed by atoms with Gasteiger partial charge in [-0.3, -0.25) is 9.52 Å². The normalized spacial score (nSPS) is 12.2. The molecule has 0 aliphatic rings. The molecule has 0 saturated carbocycles. The number of rotatable bonds is 7. The van der Waals surface area contributed by atoms with Gasteiger partial charge in [0, 0.05) is 12.1 Å². The third-order valence-electron chi connectivity index (χ3n) is 5.07. The van der Waals surface area contributed by atoms with E-state index in [9.17, 15) is 13.2 Å². The minimum Gasteiger partial charge on any atom is -0.351 e. The largest absolute Gasteiger partial charge is 0.351 e.